The van der Waals surface area contributed by atoms with Crippen LogP contribution in [0.15, 0.2) is 12.4 Å². The van der Waals surface area contributed by atoms with Crippen molar-refractivity contribution >= 4 is 16.1 Å². The van der Waals surface area contributed by atoms with Gasteiger partial charge in [-0.15, -0.1) is 0 Å². The van der Waals surface area contributed by atoms with Crippen LogP contribution in [0.5, 0.6) is 0 Å². The molecule has 0 radical (unpaired) electrons. The van der Waals surface area contributed by atoms with Crippen molar-refractivity contribution in [1.29, 1.82) is 0 Å². The Hall–Kier alpha value is -1.61. The third kappa shape index (κ3) is 4.44. The number of urea groups is 1. The normalized spacial score (nSPS) is 19.4. The number of H-pyrrole nitrogens is 1. The van der Waals surface area contributed by atoms with Gasteiger partial charge in [-0.05, 0) is 12.8 Å². The molecule has 0 spiro atoms. The third-order valence-corrected chi connectivity index (χ3v) is 5.20. The zero-order valence-electron chi connectivity index (χ0n) is 12.9. The van der Waals surface area contributed by atoms with E-state index in [1.54, 1.807) is 17.3 Å². The molecule has 0 bridgehead atoms. The van der Waals surface area contributed by atoms with Gasteiger partial charge in [0.2, 0.25) is 10.0 Å². The Labute approximate surface area is 130 Å². The molecule has 1 aliphatic rings. The molecule has 2 N–H and O–H groups in total. The van der Waals surface area contributed by atoms with Crippen LogP contribution in [0.3, 0.4) is 0 Å². The fourth-order valence-corrected chi connectivity index (χ4v) is 2.91. The lowest BCUT2D eigenvalue weighted by Crippen LogP contribution is -2.47. The molecule has 0 aliphatic carbocycles. The molecule has 1 saturated heterocycles. The number of likely N-dealkylation sites (N-methyl/N-ethyl adjacent to an activating group) is 1. The lowest BCUT2D eigenvalue weighted by molar-refractivity contribution is 0.178. The van der Waals surface area contributed by atoms with Crippen LogP contribution in [0.4, 0.5) is 4.79 Å². The summed E-state index contributed by atoms with van der Waals surface area (Å²) in [6.45, 7) is 1.90. The van der Waals surface area contributed by atoms with Gasteiger partial charge in [-0.25, -0.2) is 22.5 Å². The minimum absolute atomic E-state index is 0.154. The van der Waals surface area contributed by atoms with E-state index in [-0.39, 0.29) is 18.5 Å². The van der Waals surface area contributed by atoms with Crippen LogP contribution in [0.1, 0.15) is 24.6 Å². The van der Waals surface area contributed by atoms with Crippen LogP contribution >= 0.6 is 0 Å². The van der Waals surface area contributed by atoms with Gasteiger partial charge in [0.25, 0.3) is 0 Å². The van der Waals surface area contributed by atoms with Gasteiger partial charge in [0, 0.05) is 51.5 Å². The lowest BCUT2D eigenvalue weighted by Gasteiger charge is -2.32. The van der Waals surface area contributed by atoms with Crippen molar-refractivity contribution in [3.63, 3.8) is 0 Å². The van der Waals surface area contributed by atoms with E-state index >= 15 is 0 Å². The van der Waals surface area contributed by atoms with Crippen molar-refractivity contribution in [3.8, 4) is 0 Å². The summed E-state index contributed by atoms with van der Waals surface area (Å²) in [6, 6.07) is -0.154. The average molecular weight is 329 g/mol. The first-order chi connectivity index (χ1) is 10.4. The maximum absolute atomic E-state index is 12.2. The topological polar surface area (TPSA) is 98.4 Å². The fourth-order valence-electron chi connectivity index (χ4n) is 2.48. The fraction of sp³-hybridized carbons (Fsp3) is 0.692. The molecule has 1 fully saturated rings. The number of imidazole rings is 1. The summed E-state index contributed by atoms with van der Waals surface area (Å²) in [7, 11) is -1.71. The minimum Gasteiger partial charge on any atom is -0.348 e. The Morgan fingerprint density at radius 2 is 2.36 bits per heavy atom. The zero-order valence-corrected chi connectivity index (χ0v) is 13.8. The van der Waals surface area contributed by atoms with E-state index in [1.807, 2.05) is 0 Å². The van der Waals surface area contributed by atoms with E-state index in [9.17, 15) is 13.2 Å². The van der Waals surface area contributed by atoms with Gasteiger partial charge in [-0.3, -0.25) is 0 Å². The number of hydrogen-bond acceptors (Lipinski definition) is 4. The van der Waals surface area contributed by atoms with Crippen LogP contribution < -0.4 is 5.32 Å². The van der Waals surface area contributed by atoms with Crippen molar-refractivity contribution < 1.29 is 13.2 Å². The molecule has 0 aromatic carbocycles. The predicted molar refractivity (Wildman–Crippen MR) is 83.0 cm³/mol. The number of amides is 2. The van der Waals surface area contributed by atoms with Crippen molar-refractivity contribution in [2.45, 2.75) is 18.8 Å². The number of likely N-dealkylation sites (tertiary alicyclic amines) is 1. The summed E-state index contributed by atoms with van der Waals surface area (Å²) < 4.78 is 23.8. The Kier molecular flexibility index (Phi) is 5.41. The van der Waals surface area contributed by atoms with Gasteiger partial charge >= 0.3 is 6.03 Å². The molecule has 22 heavy (non-hydrogen) atoms. The second kappa shape index (κ2) is 7.10. The Balaban J connectivity index is 1.80. The number of nitrogens with zero attached hydrogens (tertiary/aromatic N) is 3. The maximum Gasteiger partial charge on any atom is 0.317 e. The number of carbonyl (C=O) groups excluding carboxylic acids is 1. The smallest absolute Gasteiger partial charge is 0.317 e. The first-order valence-corrected chi connectivity index (χ1v) is 9.16. The minimum atomic E-state index is -3.21. The van der Waals surface area contributed by atoms with Gasteiger partial charge in [0.05, 0.1) is 6.26 Å². The largest absolute Gasteiger partial charge is 0.348 e. The molecule has 1 unspecified atom stereocenters. The van der Waals surface area contributed by atoms with Crippen LogP contribution in [-0.4, -0.2) is 73.1 Å². The van der Waals surface area contributed by atoms with Crippen molar-refractivity contribution in [1.82, 2.24) is 24.5 Å². The standard InChI is InChI=1S/C13H23N5O3S/c1-17(22(2,20)21)9-7-16-13(19)18-8-3-4-11(10-18)12-14-5-6-15-12/h5-6,11H,3-4,7-10H2,1-2H3,(H,14,15)(H,16,19). The van der Waals surface area contributed by atoms with E-state index in [0.717, 1.165) is 24.9 Å². The molecule has 9 heteroatoms. The van der Waals surface area contributed by atoms with E-state index < -0.39 is 10.0 Å². The molecule has 8 nitrogen and oxygen atoms in total. The first-order valence-electron chi connectivity index (χ1n) is 7.31. The Morgan fingerprint density at radius 3 is 3.00 bits per heavy atom. The summed E-state index contributed by atoms with van der Waals surface area (Å²) in [5.41, 5.74) is 0. The van der Waals surface area contributed by atoms with Crippen LogP contribution in [0.25, 0.3) is 0 Å². The SMILES string of the molecule is CN(CCNC(=O)N1CCCC(c2ncc[nH]2)C1)S(C)(=O)=O. The highest BCUT2D eigenvalue weighted by molar-refractivity contribution is 7.88. The molecule has 124 valence electrons. The molecule has 2 heterocycles. The second-order valence-corrected chi connectivity index (χ2v) is 7.67. The van der Waals surface area contributed by atoms with E-state index in [2.05, 4.69) is 15.3 Å². The predicted octanol–water partition coefficient (Wildman–Crippen LogP) is 0.190. The van der Waals surface area contributed by atoms with Gasteiger partial charge in [0.15, 0.2) is 0 Å². The molecule has 2 rings (SSSR count). The molecule has 1 aliphatic heterocycles. The number of nitrogens with one attached hydrogen (secondary N) is 2. The average Bonchev–Trinajstić information content (AvgIpc) is 3.00. The van der Waals surface area contributed by atoms with Gasteiger partial charge < -0.3 is 15.2 Å². The monoisotopic (exact) mass is 329 g/mol. The summed E-state index contributed by atoms with van der Waals surface area (Å²) in [5, 5.41) is 2.77. The van der Waals surface area contributed by atoms with E-state index in [0.29, 0.717) is 19.6 Å². The maximum atomic E-state index is 12.2. The quantitative estimate of drug-likeness (QED) is 0.805. The van der Waals surface area contributed by atoms with Crippen molar-refractivity contribution in [2.75, 3.05) is 39.5 Å². The van der Waals surface area contributed by atoms with Gasteiger partial charge in [-0.2, -0.15) is 0 Å². The summed E-state index contributed by atoms with van der Waals surface area (Å²) in [6.07, 6.45) is 6.59. The highest BCUT2D eigenvalue weighted by Crippen LogP contribution is 2.24. The molecule has 1 aromatic heterocycles. The highest BCUT2D eigenvalue weighted by Gasteiger charge is 2.26. The molecule has 1 atom stereocenters. The lowest BCUT2D eigenvalue weighted by atomic mass is 9.98. The number of rotatable bonds is 5. The molecular weight excluding hydrogens is 306 g/mol. The number of piperidine rings is 1. The number of aromatic nitrogens is 2. The zero-order chi connectivity index (χ0) is 16.2. The van der Waals surface area contributed by atoms with Gasteiger partial charge in [-0.1, -0.05) is 0 Å². The number of sulfonamides is 1. The molecule has 2 amide bonds. The highest BCUT2D eigenvalue weighted by atomic mass is 32.2. The van der Waals surface area contributed by atoms with Crippen molar-refractivity contribution in [3.05, 3.63) is 18.2 Å². The third-order valence-electron chi connectivity index (χ3n) is 3.88. The van der Waals surface area contributed by atoms with E-state index in [4.69, 9.17) is 0 Å². The first kappa shape index (κ1) is 16.8. The van der Waals surface area contributed by atoms with Crippen molar-refractivity contribution in [2.24, 2.45) is 0 Å². The van der Waals surface area contributed by atoms with Crippen LogP contribution in [0, 0.1) is 0 Å². The number of carbonyl (C=O) groups is 1. The molecule has 1 aromatic rings. The van der Waals surface area contributed by atoms with Gasteiger partial charge in [0.1, 0.15) is 5.82 Å². The van der Waals surface area contributed by atoms with Crippen LogP contribution in [-0.2, 0) is 10.0 Å². The summed E-state index contributed by atoms with van der Waals surface area (Å²) in [5.74, 6) is 1.14. The number of hydrogen-bond donors (Lipinski definition) is 2. The second-order valence-electron chi connectivity index (χ2n) is 5.58. The van der Waals surface area contributed by atoms with E-state index in [1.165, 1.54) is 11.4 Å². The Bertz CT molecular complexity index is 587. The van der Waals surface area contributed by atoms with Crippen LogP contribution in [0.2, 0.25) is 0 Å². The number of aromatic amines is 1. The summed E-state index contributed by atoms with van der Waals surface area (Å²) >= 11 is 0. The Morgan fingerprint density at radius 1 is 1.59 bits per heavy atom. The summed E-state index contributed by atoms with van der Waals surface area (Å²) in [4.78, 5) is 21.3. The molecular formula is C13H23N5O3S. The molecule has 0 saturated carbocycles.